The summed E-state index contributed by atoms with van der Waals surface area (Å²) in [7, 11) is 1.79. The lowest BCUT2D eigenvalue weighted by Crippen LogP contribution is -2.46. The number of nitrogens with two attached hydrogens (primary N) is 1. The molecule has 2 aliphatic heterocycles. The van der Waals surface area contributed by atoms with Crippen LogP contribution in [-0.2, 0) is 11.8 Å². The molecule has 1 aromatic carbocycles. The van der Waals surface area contributed by atoms with Crippen LogP contribution >= 0.6 is 11.3 Å². The first-order valence-electron chi connectivity index (χ1n) is 13.7. The summed E-state index contributed by atoms with van der Waals surface area (Å²) in [5, 5.41) is 6.03. The van der Waals surface area contributed by atoms with E-state index in [0.717, 1.165) is 23.9 Å². The first-order chi connectivity index (χ1) is 19.9. The van der Waals surface area contributed by atoms with Crippen molar-refractivity contribution in [1.82, 2.24) is 29.6 Å². The summed E-state index contributed by atoms with van der Waals surface area (Å²) >= 11 is 1.58. The number of nitrogen functional groups attached to an aromatic ring is 1. The SMILES string of the molecule is Cc1c(C(=O)NC2CCN(c3nc(-c4csc(N5CCOCC5)n4)cnc3N)CC2)c(=O)n(-c2ccccc2)n1C. The average Bonchev–Trinajstić information content (AvgIpc) is 3.57. The largest absolute Gasteiger partial charge is 0.381 e. The molecule has 0 spiro atoms. The van der Waals surface area contributed by atoms with Crippen LogP contribution in [0.2, 0.25) is 0 Å². The molecule has 5 heterocycles. The van der Waals surface area contributed by atoms with Gasteiger partial charge in [-0.25, -0.2) is 19.6 Å². The topological polar surface area (TPSA) is 136 Å². The van der Waals surface area contributed by atoms with Gasteiger partial charge in [-0.05, 0) is 31.9 Å². The molecular weight excluding hydrogens is 542 g/mol. The summed E-state index contributed by atoms with van der Waals surface area (Å²) in [5.41, 5.74) is 8.86. The Morgan fingerprint density at radius 1 is 1.05 bits per heavy atom. The van der Waals surface area contributed by atoms with E-state index < -0.39 is 0 Å². The molecule has 4 aromatic rings. The third-order valence-corrected chi connectivity index (χ3v) is 8.63. The number of hydrogen-bond acceptors (Lipinski definition) is 10. The molecule has 13 heteroatoms. The maximum atomic E-state index is 13.3. The number of nitrogens with zero attached hydrogens (tertiary/aromatic N) is 7. The Kier molecular flexibility index (Phi) is 7.45. The number of thiazole rings is 1. The number of hydrogen-bond donors (Lipinski definition) is 2. The van der Waals surface area contributed by atoms with Crippen molar-refractivity contribution in [2.24, 2.45) is 7.05 Å². The zero-order chi connectivity index (χ0) is 28.5. The molecule has 0 aliphatic carbocycles. The van der Waals surface area contributed by atoms with Gasteiger partial charge >= 0.3 is 0 Å². The Bertz CT molecular complexity index is 1600. The summed E-state index contributed by atoms with van der Waals surface area (Å²) in [4.78, 5) is 44.8. The predicted octanol–water partition coefficient (Wildman–Crippen LogP) is 2.22. The molecule has 2 fully saturated rings. The van der Waals surface area contributed by atoms with Crippen LogP contribution in [0.5, 0.6) is 0 Å². The van der Waals surface area contributed by atoms with Crippen molar-refractivity contribution in [1.29, 1.82) is 0 Å². The molecule has 0 radical (unpaired) electrons. The summed E-state index contributed by atoms with van der Waals surface area (Å²) in [6.07, 6.45) is 3.04. The van der Waals surface area contributed by atoms with E-state index in [4.69, 9.17) is 20.4 Å². The highest BCUT2D eigenvalue weighted by Gasteiger charge is 2.28. The minimum Gasteiger partial charge on any atom is -0.381 e. The first kappa shape index (κ1) is 27.0. The molecule has 12 nitrogen and oxygen atoms in total. The van der Waals surface area contributed by atoms with E-state index in [-0.39, 0.29) is 23.1 Å². The van der Waals surface area contributed by atoms with Crippen molar-refractivity contribution in [2.45, 2.75) is 25.8 Å². The molecule has 0 unspecified atom stereocenters. The van der Waals surface area contributed by atoms with Crippen LogP contribution in [0, 0.1) is 6.92 Å². The minimum absolute atomic E-state index is 0.0741. The number of amides is 1. The van der Waals surface area contributed by atoms with Crippen LogP contribution in [0.15, 0.2) is 46.7 Å². The minimum atomic E-state index is -0.350. The third kappa shape index (κ3) is 5.30. The smallest absolute Gasteiger partial charge is 0.284 e. The highest BCUT2D eigenvalue weighted by Crippen LogP contribution is 2.30. The van der Waals surface area contributed by atoms with Crippen molar-refractivity contribution in [2.75, 3.05) is 54.9 Å². The van der Waals surface area contributed by atoms with E-state index in [2.05, 4.69) is 20.1 Å². The number of benzene rings is 1. The normalized spacial score (nSPS) is 16.2. The maximum absolute atomic E-state index is 13.3. The maximum Gasteiger partial charge on any atom is 0.284 e. The molecule has 1 amide bonds. The van der Waals surface area contributed by atoms with Crippen LogP contribution in [0.1, 0.15) is 28.9 Å². The third-order valence-electron chi connectivity index (χ3n) is 7.73. The molecule has 2 aliphatic rings. The molecule has 0 saturated carbocycles. The number of ether oxygens (including phenoxy) is 1. The number of rotatable bonds is 6. The lowest BCUT2D eigenvalue weighted by atomic mass is 10.0. The second-order valence-electron chi connectivity index (χ2n) is 10.3. The number of carbonyl (C=O) groups excluding carboxylic acids is 1. The fourth-order valence-corrected chi connectivity index (χ4v) is 6.22. The predicted molar refractivity (Wildman–Crippen MR) is 159 cm³/mol. The number of carbonyl (C=O) groups is 1. The zero-order valence-electron chi connectivity index (χ0n) is 23.1. The van der Waals surface area contributed by atoms with Gasteiger partial charge in [0.1, 0.15) is 17.0 Å². The van der Waals surface area contributed by atoms with Gasteiger partial charge in [-0.15, -0.1) is 11.3 Å². The van der Waals surface area contributed by atoms with Gasteiger partial charge in [0.15, 0.2) is 16.8 Å². The Morgan fingerprint density at radius 2 is 1.78 bits per heavy atom. The molecular formula is C28H33N9O3S. The lowest BCUT2D eigenvalue weighted by Gasteiger charge is -2.33. The highest BCUT2D eigenvalue weighted by molar-refractivity contribution is 7.14. The Hall–Kier alpha value is -4.23. The standard InChI is InChI=1S/C28H33N9O3S/c1-18-23(27(39)37(34(18)2)20-6-4-3-5-7-20)26(38)31-19-8-10-35(11-9-19)25-24(29)30-16-21(32-25)22-17-41-28(33-22)36-12-14-40-15-13-36/h3-7,16-17,19H,8-15H2,1-2H3,(H2,29,30)(H,31,38). The van der Waals surface area contributed by atoms with E-state index >= 15 is 0 Å². The highest BCUT2D eigenvalue weighted by atomic mass is 32.1. The van der Waals surface area contributed by atoms with Crippen molar-refractivity contribution in [3.05, 3.63) is 63.5 Å². The Morgan fingerprint density at radius 3 is 2.51 bits per heavy atom. The second-order valence-corrected chi connectivity index (χ2v) is 11.1. The van der Waals surface area contributed by atoms with Gasteiger partial charge in [0.25, 0.3) is 11.5 Å². The van der Waals surface area contributed by atoms with E-state index in [1.807, 2.05) is 35.7 Å². The van der Waals surface area contributed by atoms with Gasteiger partial charge in [0, 0.05) is 44.6 Å². The van der Waals surface area contributed by atoms with Crippen molar-refractivity contribution in [3.63, 3.8) is 0 Å². The monoisotopic (exact) mass is 575 g/mol. The fraction of sp³-hybridized carbons (Fsp3) is 0.393. The van der Waals surface area contributed by atoms with E-state index in [0.29, 0.717) is 67.9 Å². The lowest BCUT2D eigenvalue weighted by molar-refractivity contribution is 0.0929. The fourth-order valence-electron chi connectivity index (χ4n) is 5.35. The number of piperidine rings is 1. The quantitative estimate of drug-likeness (QED) is 0.355. The van der Waals surface area contributed by atoms with E-state index in [1.54, 1.807) is 36.2 Å². The van der Waals surface area contributed by atoms with Crippen LogP contribution in [0.25, 0.3) is 17.1 Å². The summed E-state index contributed by atoms with van der Waals surface area (Å²) in [5.74, 6) is 0.635. The number of morpholine rings is 1. The molecule has 214 valence electrons. The van der Waals surface area contributed by atoms with Crippen LogP contribution < -0.4 is 26.4 Å². The second kappa shape index (κ2) is 11.3. The molecule has 0 atom stereocenters. The van der Waals surface area contributed by atoms with Crippen molar-refractivity contribution < 1.29 is 9.53 Å². The van der Waals surface area contributed by atoms with E-state index in [1.165, 1.54) is 4.68 Å². The molecule has 6 rings (SSSR count). The van der Waals surface area contributed by atoms with Gasteiger partial charge in [-0.3, -0.25) is 14.3 Å². The first-order valence-corrected chi connectivity index (χ1v) is 14.6. The number of aromatic nitrogens is 5. The number of nitrogens with one attached hydrogen (secondary N) is 1. The summed E-state index contributed by atoms with van der Waals surface area (Å²) < 4.78 is 8.69. The van der Waals surface area contributed by atoms with Gasteiger partial charge in [-0.2, -0.15) is 0 Å². The summed E-state index contributed by atoms with van der Waals surface area (Å²) in [6, 6.07) is 9.24. The van der Waals surface area contributed by atoms with Crippen LogP contribution in [0.4, 0.5) is 16.8 Å². The number of para-hydroxylation sites is 1. The van der Waals surface area contributed by atoms with E-state index in [9.17, 15) is 9.59 Å². The van der Waals surface area contributed by atoms with Gasteiger partial charge in [0.05, 0.1) is 30.8 Å². The molecule has 3 aromatic heterocycles. The van der Waals surface area contributed by atoms with Gasteiger partial charge in [-0.1, -0.05) is 18.2 Å². The van der Waals surface area contributed by atoms with Gasteiger partial charge in [0.2, 0.25) is 0 Å². The zero-order valence-corrected chi connectivity index (χ0v) is 23.9. The Balaban J connectivity index is 1.12. The molecule has 41 heavy (non-hydrogen) atoms. The molecule has 0 bridgehead atoms. The van der Waals surface area contributed by atoms with Crippen molar-refractivity contribution in [3.8, 4) is 17.1 Å². The van der Waals surface area contributed by atoms with Gasteiger partial charge < -0.3 is 25.6 Å². The van der Waals surface area contributed by atoms with Crippen LogP contribution in [0.3, 0.4) is 0 Å². The average molecular weight is 576 g/mol. The molecule has 3 N–H and O–H groups in total. The number of anilines is 3. The Labute approximate surface area is 241 Å². The van der Waals surface area contributed by atoms with Crippen LogP contribution in [-0.4, -0.2) is 75.7 Å². The summed E-state index contributed by atoms with van der Waals surface area (Å²) in [6.45, 7) is 6.13. The molecule has 2 saturated heterocycles. The van der Waals surface area contributed by atoms with Crippen molar-refractivity contribution >= 4 is 34.0 Å².